The lowest BCUT2D eigenvalue weighted by Crippen LogP contribution is -2.07. The number of hydrogen-bond acceptors (Lipinski definition) is 3. The number of ether oxygens (including phenoxy) is 1. The van der Waals surface area contributed by atoms with Crippen molar-refractivity contribution in [2.24, 2.45) is 0 Å². The van der Waals surface area contributed by atoms with Crippen LogP contribution in [0.5, 0.6) is 5.75 Å². The zero-order chi connectivity index (χ0) is 12.0. The number of carbonyl (C=O) groups is 2. The topological polar surface area (TPSA) is 43.4 Å². The molecule has 0 aliphatic carbocycles. The van der Waals surface area contributed by atoms with Crippen LogP contribution in [0.3, 0.4) is 0 Å². The lowest BCUT2D eigenvalue weighted by atomic mass is 10.0. The molecule has 0 fully saturated rings. The van der Waals surface area contributed by atoms with Crippen LogP contribution in [0, 0.1) is 0 Å². The van der Waals surface area contributed by atoms with E-state index in [1.165, 1.54) is 0 Å². The summed E-state index contributed by atoms with van der Waals surface area (Å²) in [6.07, 6.45) is 1.24. The maximum atomic E-state index is 11.7. The fourth-order valence-corrected chi connectivity index (χ4v) is 1.44. The van der Waals surface area contributed by atoms with Gasteiger partial charge in [-0.25, -0.2) is 0 Å². The lowest BCUT2D eigenvalue weighted by molar-refractivity contribution is -0.118. The van der Waals surface area contributed by atoms with Crippen molar-refractivity contribution in [1.29, 1.82) is 0 Å². The first-order chi connectivity index (χ1) is 7.67. The molecule has 0 aliphatic heterocycles. The zero-order valence-corrected chi connectivity index (χ0v) is 9.66. The van der Waals surface area contributed by atoms with Crippen molar-refractivity contribution in [2.45, 2.75) is 26.2 Å². The van der Waals surface area contributed by atoms with Crippen LogP contribution in [-0.2, 0) is 4.79 Å². The second-order valence-corrected chi connectivity index (χ2v) is 3.62. The summed E-state index contributed by atoms with van der Waals surface area (Å²) in [5.41, 5.74) is 0.531. The maximum absolute atomic E-state index is 11.7. The largest absolute Gasteiger partial charge is 0.497 e. The molecule has 0 unspecified atom stereocenters. The minimum atomic E-state index is -0.141. The molecule has 0 spiro atoms. The Balaban J connectivity index is 2.69. The third-order valence-electron chi connectivity index (χ3n) is 2.28. The molecular weight excluding hydrogens is 204 g/mol. The highest BCUT2D eigenvalue weighted by Crippen LogP contribution is 2.14. The molecule has 86 valence electrons. The van der Waals surface area contributed by atoms with E-state index in [1.54, 1.807) is 31.4 Å². The van der Waals surface area contributed by atoms with E-state index < -0.39 is 0 Å². The van der Waals surface area contributed by atoms with Gasteiger partial charge in [0.05, 0.1) is 13.5 Å². The lowest BCUT2D eigenvalue weighted by Gasteiger charge is -2.03. The van der Waals surface area contributed by atoms with Gasteiger partial charge in [0, 0.05) is 12.0 Å². The Morgan fingerprint density at radius 1 is 1.31 bits per heavy atom. The molecule has 0 aliphatic rings. The van der Waals surface area contributed by atoms with Gasteiger partial charge in [0.15, 0.2) is 5.78 Å². The summed E-state index contributed by atoms with van der Waals surface area (Å²) >= 11 is 0. The summed E-state index contributed by atoms with van der Waals surface area (Å²) in [6.45, 7) is 1.92. The van der Waals surface area contributed by atoms with Crippen molar-refractivity contribution in [1.82, 2.24) is 0 Å². The van der Waals surface area contributed by atoms with E-state index in [2.05, 4.69) is 0 Å². The minimum Gasteiger partial charge on any atom is -0.497 e. The molecule has 3 heteroatoms. The van der Waals surface area contributed by atoms with E-state index >= 15 is 0 Å². The Labute approximate surface area is 95.4 Å². The van der Waals surface area contributed by atoms with Gasteiger partial charge >= 0.3 is 0 Å². The molecule has 1 aromatic carbocycles. The van der Waals surface area contributed by atoms with Crippen LogP contribution in [0.1, 0.15) is 36.5 Å². The van der Waals surface area contributed by atoms with Gasteiger partial charge in [-0.05, 0) is 18.6 Å². The second-order valence-electron chi connectivity index (χ2n) is 3.62. The first kappa shape index (κ1) is 12.4. The van der Waals surface area contributed by atoms with Gasteiger partial charge in [0.1, 0.15) is 11.5 Å². The third-order valence-corrected chi connectivity index (χ3v) is 2.28. The predicted molar refractivity (Wildman–Crippen MR) is 61.9 cm³/mol. The summed E-state index contributed by atoms with van der Waals surface area (Å²) in [7, 11) is 1.55. The fourth-order valence-electron chi connectivity index (χ4n) is 1.44. The molecule has 0 saturated carbocycles. The zero-order valence-electron chi connectivity index (χ0n) is 9.66. The van der Waals surface area contributed by atoms with Gasteiger partial charge in [0.25, 0.3) is 0 Å². The van der Waals surface area contributed by atoms with Crippen molar-refractivity contribution < 1.29 is 14.3 Å². The fraction of sp³-hybridized carbons (Fsp3) is 0.385. The van der Waals surface area contributed by atoms with Crippen molar-refractivity contribution in [3.63, 3.8) is 0 Å². The van der Waals surface area contributed by atoms with E-state index in [0.717, 1.165) is 6.42 Å². The Morgan fingerprint density at radius 2 is 2.06 bits per heavy atom. The quantitative estimate of drug-likeness (QED) is 0.546. The molecule has 0 amide bonds. The molecule has 0 heterocycles. The standard InChI is InChI=1S/C13H16O3/c1-3-5-11(14)9-13(15)10-6-4-7-12(8-10)16-2/h4,6-8H,3,5,9H2,1-2H3. The second kappa shape index (κ2) is 6.05. The highest BCUT2D eigenvalue weighted by molar-refractivity contribution is 6.08. The average molecular weight is 220 g/mol. The Morgan fingerprint density at radius 3 is 2.69 bits per heavy atom. The normalized spacial score (nSPS) is 9.88. The summed E-state index contributed by atoms with van der Waals surface area (Å²) in [6, 6.07) is 6.87. The highest BCUT2D eigenvalue weighted by Gasteiger charge is 2.11. The molecule has 16 heavy (non-hydrogen) atoms. The number of Topliss-reactive ketones (excluding diaryl/α,β-unsaturated/α-hetero) is 2. The molecule has 1 aromatic rings. The Kier molecular flexibility index (Phi) is 4.70. The van der Waals surface area contributed by atoms with Crippen LogP contribution >= 0.6 is 0 Å². The van der Waals surface area contributed by atoms with E-state index in [-0.39, 0.29) is 18.0 Å². The van der Waals surface area contributed by atoms with Gasteiger partial charge in [-0.1, -0.05) is 19.1 Å². The van der Waals surface area contributed by atoms with Crippen molar-refractivity contribution in [3.8, 4) is 5.75 Å². The monoisotopic (exact) mass is 220 g/mol. The summed E-state index contributed by atoms with van der Waals surface area (Å²) in [5, 5.41) is 0. The molecule has 0 aromatic heterocycles. The van der Waals surface area contributed by atoms with E-state index in [4.69, 9.17) is 4.74 Å². The summed E-state index contributed by atoms with van der Waals surface area (Å²) in [4.78, 5) is 23.1. The Bertz CT molecular complexity index is 383. The Hall–Kier alpha value is -1.64. The molecule has 0 saturated heterocycles. The highest BCUT2D eigenvalue weighted by atomic mass is 16.5. The number of carbonyl (C=O) groups excluding carboxylic acids is 2. The number of methoxy groups -OCH3 is 1. The van der Waals surface area contributed by atoms with Crippen molar-refractivity contribution in [2.75, 3.05) is 7.11 Å². The van der Waals surface area contributed by atoms with Crippen molar-refractivity contribution in [3.05, 3.63) is 29.8 Å². The van der Waals surface area contributed by atoms with Gasteiger partial charge < -0.3 is 4.74 Å². The summed E-state index contributed by atoms with van der Waals surface area (Å²) in [5.74, 6) is 0.487. The molecule has 0 atom stereocenters. The third kappa shape index (κ3) is 3.50. The smallest absolute Gasteiger partial charge is 0.170 e. The van der Waals surface area contributed by atoms with Gasteiger partial charge in [0.2, 0.25) is 0 Å². The van der Waals surface area contributed by atoms with Crippen LogP contribution in [0.15, 0.2) is 24.3 Å². The van der Waals surface area contributed by atoms with Gasteiger partial charge in [-0.2, -0.15) is 0 Å². The molecular formula is C13H16O3. The van der Waals surface area contributed by atoms with Crippen LogP contribution < -0.4 is 4.74 Å². The van der Waals surface area contributed by atoms with Gasteiger partial charge in [-0.3, -0.25) is 9.59 Å². The molecule has 0 N–H and O–H groups in total. The van der Waals surface area contributed by atoms with E-state index in [1.807, 2.05) is 6.92 Å². The number of ketones is 2. The van der Waals surface area contributed by atoms with Crippen LogP contribution in [-0.4, -0.2) is 18.7 Å². The molecule has 0 bridgehead atoms. The van der Waals surface area contributed by atoms with Crippen LogP contribution in [0.25, 0.3) is 0 Å². The number of rotatable bonds is 6. The molecule has 3 nitrogen and oxygen atoms in total. The van der Waals surface area contributed by atoms with E-state index in [0.29, 0.717) is 17.7 Å². The predicted octanol–water partition coefficient (Wildman–Crippen LogP) is 2.64. The molecule has 1 rings (SSSR count). The molecule has 0 radical (unpaired) electrons. The van der Waals surface area contributed by atoms with Crippen LogP contribution in [0.2, 0.25) is 0 Å². The average Bonchev–Trinajstić information content (AvgIpc) is 2.29. The number of benzene rings is 1. The maximum Gasteiger partial charge on any atom is 0.170 e. The summed E-state index contributed by atoms with van der Waals surface area (Å²) < 4.78 is 5.02. The number of hydrogen-bond donors (Lipinski definition) is 0. The minimum absolute atomic E-state index is 0.00433. The van der Waals surface area contributed by atoms with Crippen molar-refractivity contribution >= 4 is 11.6 Å². The SMILES string of the molecule is CCCC(=O)CC(=O)c1cccc(OC)c1. The van der Waals surface area contributed by atoms with Gasteiger partial charge in [-0.15, -0.1) is 0 Å². The first-order valence-electron chi connectivity index (χ1n) is 5.36. The van der Waals surface area contributed by atoms with Crippen LogP contribution in [0.4, 0.5) is 0 Å². The van der Waals surface area contributed by atoms with E-state index in [9.17, 15) is 9.59 Å². The first-order valence-corrected chi connectivity index (χ1v) is 5.36.